The van der Waals surface area contributed by atoms with E-state index in [1.54, 1.807) is 11.0 Å². The topological polar surface area (TPSA) is 86.8 Å². The number of pyridine rings is 1. The Hall–Kier alpha value is -3.13. The maximum absolute atomic E-state index is 12.6. The number of benzene rings is 1. The van der Waals surface area contributed by atoms with Crippen molar-refractivity contribution in [3.63, 3.8) is 0 Å². The minimum absolute atomic E-state index is 0.0693. The van der Waals surface area contributed by atoms with Crippen molar-refractivity contribution in [1.82, 2.24) is 15.2 Å². The van der Waals surface area contributed by atoms with Crippen LogP contribution in [0.2, 0.25) is 0 Å². The lowest BCUT2D eigenvalue weighted by atomic mass is 10.1. The largest absolute Gasteiger partial charge is 0.378 e. The van der Waals surface area contributed by atoms with Gasteiger partial charge in [-0.2, -0.15) is 0 Å². The number of ether oxygens (including phenoxy) is 1. The van der Waals surface area contributed by atoms with E-state index >= 15 is 0 Å². The number of aromatic nitrogens is 1. The molecule has 0 atom stereocenters. The van der Waals surface area contributed by atoms with Crippen molar-refractivity contribution >= 4 is 29.5 Å². The lowest BCUT2D eigenvalue weighted by Crippen LogP contribution is -2.44. The number of hydrogen-bond acceptors (Lipinski definition) is 6. The van der Waals surface area contributed by atoms with Gasteiger partial charge in [0.15, 0.2) is 0 Å². The van der Waals surface area contributed by atoms with E-state index in [2.05, 4.69) is 32.7 Å². The smallest absolute Gasteiger partial charge is 0.270 e. The molecule has 0 spiro atoms. The van der Waals surface area contributed by atoms with Crippen LogP contribution in [-0.4, -0.2) is 67.6 Å². The number of rotatable bonds is 6. The fourth-order valence-corrected chi connectivity index (χ4v) is 3.76. The number of amides is 2. The molecule has 30 heavy (non-hydrogen) atoms. The number of carbonyl (C=O) groups is 2. The summed E-state index contributed by atoms with van der Waals surface area (Å²) in [6, 6.07) is 13.6. The number of nitrogens with one attached hydrogen (secondary N) is 2. The highest BCUT2D eigenvalue weighted by Crippen LogP contribution is 2.21. The Bertz CT molecular complexity index is 859. The second kappa shape index (κ2) is 9.58. The Morgan fingerprint density at radius 2 is 1.77 bits per heavy atom. The van der Waals surface area contributed by atoms with Gasteiger partial charge in [0, 0.05) is 43.6 Å². The number of piperidine rings is 1. The van der Waals surface area contributed by atoms with Crippen LogP contribution in [0.15, 0.2) is 42.5 Å². The zero-order chi connectivity index (χ0) is 20.8. The van der Waals surface area contributed by atoms with Crippen LogP contribution in [0, 0.1) is 0 Å². The number of likely N-dealkylation sites (tertiary alicyclic amines) is 1. The highest BCUT2D eigenvalue weighted by atomic mass is 16.5. The van der Waals surface area contributed by atoms with Gasteiger partial charge in [-0.1, -0.05) is 6.07 Å². The lowest BCUT2D eigenvalue weighted by molar-refractivity contribution is -0.119. The number of hydrogen-bond donors (Lipinski definition) is 2. The van der Waals surface area contributed by atoms with Crippen molar-refractivity contribution in [2.45, 2.75) is 18.9 Å². The van der Waals surface area contributed by atoms with E-state index < -0.39 is 0 Å². The number of anilines is 3. The second-order valence-electron chi connectivity index (χ2n) is 7.57. The summed E-state index contributed by atoms with van der Waals surface area (Å²) in [5.41, 5.74) is 2.46. The molecule has 2 amide bonds. The molecule has 1 aromatic carbocycles. The molecule has 3 heterocycles. The van der Waals surface area contributed by atoms with Gasteiger partial charge >= 0.3 is 0 Å². The summed E-state index contributed by atoms with van der Waals surface area (Å²) in [6.07, 6.45) is 2.39. The van der Waals surface area contributed by atoms with E-state index in [0.717, 1.165) is 51.2 Å². The van der Waals surface area contributed by atoms with Gasteiger partial charge in [0.05, 0.1) is 13.2 Å². The van der Waals surface area contributed by atoms with E-state index in [-0.39, 0.29) is 11.9 Å². The average molecular weight is 409 g/mol. The molecule has 2 aliphatic heterocycles. The zero-order valence-corrected chi connectivity index (χ0v) is 16.9. The summed E-state index contributed by atoms with van der Waals surface area (Å²) in [6.45, 7) is 4.66. The maximum atomic E-state index is 12.6. The van der Waals surface area contributed by atoms with Crippen LogP contribution in [0.1, 0.15) is 23.3 Å². The fraction of sp³-hybridized carbons (Fsp3) is 0.409. The molecule has 2 aromatic rings. The number of nitrogens with zero attached hydrogens (tertiary/aromatic N) is 3. The molecule has 2 aliphatic rings. The van der Waals surface area contributed by atoms with Crippen LogP contribution in [0.25, 0.3) is 0 Å². The SMILES string of the molecule is O=CN1CCC(NC(=O)c2cccc(Nc3ccc(N4CCOCC4)cc3)n2)CC1. The molecule has 0 radical (unpaired) electrons. The summed E-state index contributed by atoms with van der Waals surface area (Å²) in [4.78, 5) is 31.9. The first kappa shape index (κ1) is 20.2. The van der Waals surface area contributed by atoms with E-state index in [4.69, 9.17) is 4.74 Å². The Morgan fingerprint density at radius 3 is 2.47 bits per heavy atom. The third-order valence-corrected chi connectivity index (χ3v) is 5.51. The van der Waals surface area contributed by atoms with Crippen LogP contribution >= 0.6 is 0 Å². The number of carbonyl (C=O) groups excluding carboxylic acids is 2. The molecule has 0 unspecified atom stereocenters. The summed E-state index contributed by atoms with van der Waals surface area (Å²) >= 11 is 0. The van der Waals surface area contributed by atoms with E-state index in [1.807, 2.05) is 24.3 Å². The first-order valence-corrected chi connectivity index (χ1v) is 10.4. The van der Waals surface area contributed by atoms with Crippen LogP contribution in [-0.2, 0) is 9.53 Å². The lowest BCUT2D eigenvalue weighted by Gasteiger charge is -2.29. The molecular weight excluding hydrogens is 382 g/mol. The van der Waals surface area contributed by atoms with Crippen molar-refractivity contribution in [2.24, 2.45) is 0 Å². The highest BCUT2D eigenvalue weighted by molar-refractivity contribution is 5.93. The third-order valence-electron chi connectivity index (χ3n) is 5.51. The molecule has 0 aliphatic carbocycles. The maximum Gasteiger partial charge on any atom is 0.270 e. The van der Waals surface area contributed by atoms with Crippen molar-refractivity contribution in [3.05, 3.63) is 48.2 Å². The molecule has 2 saturated heterocycles. The summed E-state index contributed by atoms with van der Waals surface area (Å²) in [7, 11) is 0. The predicted octanol–water partition coefficient (Wildman–Crippen LogP) is 2.01. The minimum atomic E-state index is -0.189. The van der Waals surface area contributed by atoms with Crippen molar-refractivity contribution in [3.8, 4) is 0 Å². The van der Waals surface area contributed by atoms with Crippen LogP contribution < -0.4 is 15.5 Å². The second-order valence-corrected chi connectivity index (χ2v) is 7.57. The van der Waals surface area contributed by atoms with Gasteiger partial charge in [0.2, 0.25) is 6.41 Å². The average Bonchev–Trinajstić information content (AvgIpc) is 2.81. The van der Waals surface area contributed by atoms with E-state index in [1.165, 1.54) is 5.69 Å². The third kappa shape index (κ3) is 5.07. The molecule has 158 valence electrons. The molecular formula is C22H27N5O3. The van der Waals surface area contributed by atoms with Gasteiger partial charge in [-0.05, 0) is 49.2 Å². The van der Waals surface area contributed by atoms with Gasteiger partial charge in [0.1, 0.15) is 11.5 Å². The van der Waals surface area contributed by atoms with Crippen LogP contribution in [0.4, 0.5) is 17.2 Å². The Balaban J connectivity index is 1.35. The molecule has 8 heteroatoms. The standard InChI is InChI=1S/C22H27N5O3/c28-16-26-10-8-18(9-11-26)24-22(29)20-2-1-3-21(25-20)23-17-4-6-19(7-5-17)27-12-14-30-15-13-27/h1-7,16,18H,8-15H2,(H,23,25)(H,24,29). The molecule has 0 saturated carbocycles. The molecule has 0 bridgehead atoms. The first-order valence-electron chi connectivity index (χ1n) is 10.4. The summed E-state index contributed by atoms with van der Waals surface area (Å²) in [5.74, 6) is 0.434. The van der Waals surface area contributed by atoms with E-state index in [0.29, 0.717) is 24.6 Å². The Labute approximate surface area is 176 Å². The highest BCUT2D eigenvalue weighted by Gasteiger charge is 2.20. The van der Waals surface area contributed by atoms with Crippen LogP contribution in [0.5, 0.6) is 0 Å². The molecule has 2 fully saturated rings. The fourth-order valence-electron chi connectivity index (χ4n) is 3.76. The van der Waals surface area contributed by atoms with Crippen molar-refractivity contribution < 1.29 is 14.3 Å². The quantitative estimate of drug-likeness (QED) is 0.710. The van der Waals surface area contributed by atoms with Gasteiger partial charge in [-0.15, -0.1) is 0 Å². The van der Waals surface area contributed by atoms with E-state index in [9.17, 15) is 9.59 Å². The van der Waals surface area contributed by atoms with Gasteiger partial charge in [-0.25, -0.2) is 4.98 Å². The molecule has 4 rings (SSSR count). The van der Waals surface area contributed by atoms with Gasteiger partial charge in [0.25, 0.3) is 5.91 Å². The number of morpholine rings is 1. The zero-order valence-electron chi connectivity index (χ0n) is 16.9. The minimum Gasteiger partial charge on any atom is -0.378 e. The van der Waals surface area contributed by atoms with Gasteiger partial charge in [-0.3, -0.25) is 9.59 Å². The van der Waals surface area contributed by atoms with Crippen molar-refractivity contribution in [2.75, 3.05) is 49.6 Å². The van der Waals surface area contributed by atoms with Crippen molar-refractivity contribution in [1.29, 1.82) is 0 Å². The van der Waals surface area contributed by atoms with Crippen LogP contribution in [0.3, 0.4) is 0 Å². The summed E-state index contributed by atoms with van der Waals surface area (Å²) < 4.78 is 5.40. The Kier molecular flexibility index (Phi) is 6.44. The predicted molar refractivity (Wildman–Crippen MR) is 115 cm³/mol. The Morgan fingerprint density at radius 1 is 1.03 bits per heavy atom. The first-order chi connectivity index (χ1) is 14.7. The van der Waals surface area contributed by atoms with Gasteiger partial charge < -0.3 is 25.2 Å². The molecule has 8 nitrogen and oxygen atoms in total. The monoisotopic (exact) mass is 409 g/mol. The summed E-state index contributed by atoms with van der Waals surface area (Å²) in [5, 5.41) is 6.29. The molecule has 1 aromatic heterocycles. The normalized spacial score (nSPS) is 17.5. The molecule has 2 N–H and O–H groups in total.